The molecule has 3 aliphatic heterocycles. The van der Waals surface area contributed by atoms with E-state index in [1.807, 2.05) is 18.7 Å². The fourth-order valence-electron chi connectivity index (χ4n) is 4.39. The van der Waals surface area contributed by atoms with Crippen molar-refractivity contribution >= 4 is 0 Å². The fourth-order valence-corrected chi connectivity index (χ4v) is 4.39. The molecule has 3 saturated heterocycles. The highest BCUT2D eigenvalue weighted by molar-refractivity contribution is 4.94. The third-order valence-electron chi connectivity index (χ3n) is 5.60. The number of nitrogens with zero attached hydrogens (tertiary/aromatic N) is 3. The molecule has 0 N–H and O–H groups in total. The van der Waals surface area contributed by atoms with Crippen LogP contribution in [0.4, 0.5) is 0 Å². The van der Waals surface area contributed by atoms with Crippen LogP contribution in [0.25, 0.3) is 0 Å². The molecule has 1 aromatic heterocycles. The maximum atomic E-state index is 6.32. The molecule has 2 atom stereocenters. The molecular formula is C18H29N3O3. The van der Waals surface area contributed by atoms with E-state index >= 15 is 0 Å². The number of ether oxygens (including phenoxy) is 3. The van der Waals surface area contributed by atoms with Gasteiger partial charge in [-0.1, -0.05) is 0 Å². The van der Waals surface area contributed by atoms with Gasteiger partial charge >= 0.3 is 0 Å². The van der Waals surface area contributed by atoms with Crippen LogP contribution >= 0.6 is 0 Å². The molecule has 134 valence electrons. The molecule has 1 aromatic rings. The average Bonchev–Trinajstić information content (AvgIpc) is 3.19. The van der Waals surface area contributed by atoms with E-state index in [1.165, 1.54) is 12.8 Å². The van der Waals surface area contributed by atoms with Gasteiger partial charge in [0.1, 0.15) is 5.60 Å². The normalized spacial score (nSPS) is 33.1. The molecule has 0 bridgehead atoms. The van der Waals surface area contributed by atoms with Gasteiger partial charge in [-0.05, 0) is 25.2 Å². The Kier molecular flexibility index (Phi) is 5.17. The van der Waals surface area contributed by atoms with Crippen LogP contribution in [0.3, 0.4) is 0 Å². The van der Waals surface area contributed by atoms with Crippen LogP contribution in [0, 0.1) is 11.8 Å². The molecule has 0 radical (unpaired) electrons. The van der Waals surface area contributed by atoms with E-state index in [-0.39, 0.29) is 5.60 Å². The summed E-state index contributed by atoms with van der Waals surface area (Å²) >= 11 is 0. The Morgan fingerprint density at radius 3 is 2.83 bits per heavy atom. The molecular weight excluding hydrogens is 306 g/mol. The molecule has 1 spiro atoms. The number of imidazole rings is 1. The molecule has 0 aliphatic carbocycles. The van der Waals surface area contributed by atoms with E-state index in [0.29, 0.717) is 5.92 Å². The van der Waals surface area contributed by atoms with Crippen LogP contribution in [0.15, 0.2) is 18.7 Å². The summed E-state index contributed by atoms with van der Waals surface area (Å²) in [5, 5.41) is 0. The average molecular weight is 335 g/mol. The van der Waals surface area contributed by atoms with Gasteiger partial charge in [0.25, 0.3) is 0 Å². The van der Waals surface area contributed by atoms with Crippen molar-refractivity contribution in [2.75, 3.05) is 52.7 Å². The summed E-state index contributed by atoms with van der Waals surface area (Å²) in [4.78, 5) is 6.71. The lowest BCUT2D eigenvalue weighted by molar-refractivity contribution is -0.0576. The molecule has 4 rings (SSSR count). The lowest BCUT2D eigenvalue weighted by Gasteiger charge is -2.34. The SMILES string of the molecule is c1cn(C[C@H]2CO[C@]3(COCCN(CC4CCOCC4)C3)C2)cn1. The zero-order chi connectivity index (χ0) is 16.2. The zero-order valence-corrected chi connectivity index (χ0v) is 14.4. The monoisotopic (exact) mass is 335 g/mol. The third-order valence-corrected chi connectivity index (χ3v) is 5.60. The van der Waals surface area contributed by atoms with Crippen LogP contribution in [-0.2, 0) is 20.8 Å². The molecule has 3 fully saturated rings. The van der Waals surface area contributed by atoms with Gasteiger partial charge in [0.15, 0.2) is 0 Å². The van der Waals surface area contributed by atoms with Gasteiger partial charge in [0.2, 0.25) is 0 Å². The quantitative estimate of drug-likeness (QED) is 0.833. The molecule has 0 unspecified atom stereocenters. The van der Waals surface area contributed by atoms with Crippen molar-refractivity contribution in [3.63, 3.8) is 0 Å². The predicted molar refractivity (Wildman–Crippen MR) is 89.8 cm³/mol. The highest BCUT2D eigenvalue weighted by Crippen LogP contribution is 2.34. The van der Waals surface area contributed by atoms with E-state index in [0.717, 1.165) is 71.6 Å². The van der Waals surface area contributed by atoms with Gasteiger partial charge in [-0.2, -0.15) is 0 Å². The summed E-state index contributed by atoms with van der Waals surface area (Å²) < 4.78 is 19.9. The van der Waals surface area contributed by atoms with E-state index in [2.05, 4.69) is 14.5 Å². The minimum atomic E-state index is -0.118. The Morgan fingerprint density at radius 1 is 1.08 bits per heavy atom. The first-order valence-corrected chi connectivity index (χ1v) is 9.29. The second kappa shape index (κ2) is 7.52. The fraction of sp³-hybridized carbons (Fsp3) is 0.833. The van der Waals surface area contributed by atoms with Gasteiger partial charge in [-0.25, -0.2) is 4.98 Å². The maximum absolute atomic E-state index is 6.32. The van der Waals surface area contributed by atoms with Crippen molar-refractivity contribution < 1.29 is 14.2 Å². The molecule has 0 saturated carbocycles. The largest absolute Gasteiger partial charge is 0.381 e. The van der Waals surface area contributed by atoms with Gasteiger partial charge in [-0.3, -0.25) is 4.90 Å². The van der Waals surface area contributed by atoms with Crippen molar-refractivity contribution in [3.05, 3.63) is 18.7 Å². The van der Waals surface area contributed by atoms with Gasteiger partial charge in [0.05, 0.1) is 26.1 Å². The second-order valence-electron chi connectivity index (χ2n) is 7.67. The Labute approximate surface area is 144 Å². The van der Waals surface area contributed by atoms with Crippen LogP contribution in [-0.4, -0.2) is 72.7 Å². The van der Waals surface area contributed by atoms with Gasteiger partial charge in [0, 0.05) is 57.7 Å². The summed E-state index contributed by atoms with van der Waals surface area (Å²) in [5.41, 5.74) is -0.118. The lowest BCUT2D eigenvalue weighted by Crippen LogP contribution is -2.46. The van der Waals surface area contributed by atoms with E-state index in [1.54, 1.807) is 0 Å². The van der Waals surface area contributed by atoms with Crippen LogP contribution < -0.4 is 0 Å². The topological polar surface area (TPSA) is 48.8 Å². The Hall–Kier alpha value is -0.950. The van der Waals surface area contributed by atoms with Crippen molar-refractivity contribution in [1.29, 1.82) is 0 Å². The number of aromatic nitrogens is 2. The van der Waals surface area contributed by atoms with E-state index in [9.17, 15) is 0 Å². The Bertz CT molecular complexity index is 504. The molecule has 6 nitrogen and oxygen atoms in total. The van der Waals surface area contributed by atoms with Gasteiger partial charge in [-0.15, -0.1) is 0 Å². The molecule has 6 heteroatoms. The molecule has 0 aromatic carbocycles. The Balaban J connectivity index is 1.35. The standard InChI is InChI=1S/C18H29N3O3/c1-6-22-7-2-16(1)10-20-5-8-23-14-18(13-20)9-17(12-24-18)11-21-4-3-19-15-21/h3-4,15-17H,1-2,5-14H2/t17-,18+/m0/s1. The smallest absolute Gasteiger partial charge is 0.104 e. The first kappa shape index (κ1) is 16.5. The predicted octanol–water partition coefficient (Wildman–Crippen LogP) is 1.42. The van der Waals surface area contributed by atoms with E-state index in [4.69, 9.17) is 14.2 Å². The number of rotatable bonds is 4. The maximum Gasteiger partial charge on any atom is 0.104 e. The van der Waals surface area contributed by atoms with Crippen molar-refractivity contribution in [2.24, 2.45) is 11.8 Å². The summed E-state index contributed by atoms with van der Waals surface area (Å²) in [6.45, 7) is 8.39. The Morgan fingerprint density at radius 2 is 2.00 bits per heavy atom. The summed E-state index contributed by atoms with van der Waals surface area (Å²) in [6.07, 6.45) is 9.23. The van der Waals surface area contributed by atoms with Gasteiger partial charge < -0.3 is 18.8 Å². The van der Waals surface area contributed by atoms with Crippen molar-refractivity contribution in [1.82, 2.24) is 14.5 Å². The molecule has 24 heavy (non-hydrogen) atoms. The molecule has 0 amide bonds. The zero-order valence-electron chi connectivity index (χ0n) is 14.4. The van der Waals surface area contributed by atoms with Crippen LogP contribution in [0.2, 0.25) is 0 Å². The minimum Gasteiger partial charge on any atom is -0.381 e. The first-order valence-electron chi connectivity index (χ1n) is 9.29. The minimum absolute atomic E-state index is 0.118. The highest BCUT2D eigenvalue weighted by Gasteiger charge is 2.43. The van der Waals surface area contributed by atoms with Crippen LogP contribution in [0.5, 0.6) is 0 Å². The number of hydrogen-bond acceptors (Lipinski definition) is 5. The van der Waals surface area contributed by atoms with Crippen molar-refractivity contribution in [2.45, 2.75) is 31.4 Å². The third kappa shape index (κ3) is 3.99. The second-order valence-corrected chi connectivity index (χ2v) is 7.67. The molecule has 4 heterocycles. The first-order chi connectivity index (χ1) is 11.8. The summed E-state index contributed by atoms with van der Waals surface area (Å²) in [7, 11) is 0. The molecule has 3 aliphatic rings. The number of hydrogen-bond donors (Lipinski definition) is 0. The summed E-state index contributed by atoms with van der Waals surface area (Å²) in [5.74, 6) is 1.31. The highest BCUT2D eigenvalue weighted by atomic mass is 16.5. The van der Waals surface area contributed by atoms with E-state index < -0.39 is 0 Å². The van der Waals surface area contributed by atoms with Crippen molar-refractivity contribution in [3.8, 4) is 0 Å². The summed E-state index contributed by atoms with van der Waals surface area (Å²) in [6, 6.07) is 0. The van der Waals surface area contributed by atoms with Crippen LogP contribution in [0.1, 0.15) is 19.3 Å². The lowest BCUT2D eigenvalue weighted by atomic mass is 9.93.